The Hall–Kier alpha value is -0.450. The Morgan fingerprint density at radius 3 is 2.50 bits per heavy atom. The van der Waals surface area contributed by atoms with E-state index in [1.54, 1.807) is 7.11 Å². The van der Waals surface area contributed by atoms with Crippen LogP contribution in [0.5, 0.6) is 0 Å². The highest BCUT2D eigenvalue weighted by Gasteiger charge is 2.12. The number of hydrogen-bond acceptors (Lipinski definition) is 4. The molecular formula is C10H20O4. The molecule has 0 aromatic carbocycles. The quantitative estimate of drug-likeness (QED) is 0.322. The topological polar surface area (TPSA) is 44.8 Å². The Labute approximate surface area is 85.5 Å². The molecule has 4 heteroatoms. The summed E-state index contributed by atoms with van der Waals surface area (Å²) in [7, 11) is 1.62. The zero-order valence-electron chi connectivity index (χ0n) is 9.19. The van der Waals surface area contributed by atoms with E-state index in [4.69, 9.17) is 14.2 Å². The minimum Gasteiger partial charge on any atom is -0.382 e. The van der Waals surface area contributed by atoms with Crippen molar-refractivity contribution in [3.05, 3.63) is 0 Å². The summed E-state index contributed by atoms with van der Waals surface area (Å²) in [6.45, 7) is 5.33. The summed E-state index contributed by atoms with van der Waals surface area (Å²) >= 11 is 0. The van der Waals surface area contributed by atoms with Crippen molar-refractivity contribution in [1.82, 2.24) is 0 Å². The van der Waals surface area contributed by atoms with Crippen molar-refractivity contribution in [3.8, 4) is 0 Å². The van der Waals surface area contributed by atoms with E-state index in [1.165, 1.54) is 0 Å². The molecule has 0 bridgehead atoms. The third-order valence-electron chi connectivity index (χ3n) is 1.87. The summed E-state index contributed by atoms with van der Waals surface area (Å²) in [5.74, 6) is 0.325. The molecular weight excluding hydrogens is 184 g/mol. The molecule has 0 rings (SSSR count). The van der Waals surface area contributed by atoms with Crippen LogP contribution < -0.4 is 0 Å². The molecule has 0 spiro atoms. The number of ether oxygens (including phenoxy) is 3. The van der Waals surface area contributed by atoms with Crippen LogP contribution >= 0.6 is 0 Å². The first-order valence-electron chi connectivity index (χ1n) is 4.84. The van der Waals surface area contributed by atoms with E-state index in [0.717, 1.165) is 6.29 Å². The second kappa shape index (κ2) is 9.12. The summed E-state index contributed by atoms with van der Waals surface area (Å²) in [6.07, 6.45) is 1.25. The predicted octanol–water partition coefficient (Wildman–Crippen LogP) is 1.24. The van der Waals surface area contributed by atoms with Gasteiger partial charge in [0.05, 0.1) is 19.3 Å². The molecule has 0 unspecified atom stereocenters. The molecule has 84 valence electrons. The van der Waals surface area contributed by atoms with Gasteiger partial charge in [-0.3, -0.25) is 0 Å². The smallest absolute Gasteiger partial charge is 0.147 e. The van der Waals surface area contributed by atoms with Crippen molar-refractivity contribution >= 4 is 6.29 Å². The van der Waals surface area contributed by atoms with E-state index >= 15 is 0 Å². The number of methoxy groups -OCH3 is 1. The minimum atomic E-state index is -0.0463. The average molecular weight is 204 g/mol. The fourth-order valence-electron chi connectivity index (χ4n) is 0.964. The second-order valence-corrected chi connectivity index (χ2v) is 3.37. The predicted molar refractivity (Wildman–Crippen MR) is 53.1 cm³/mol. The molecule has 0 radical (unpaired) electrons. The molecule has 0 aliphatic heterocycles. The normalized spacial score (nSPS) is 13.1. The van der Waals surface area contributed by atoms with Gasteiger partial charge >= 0.3 is 0 Å². The third kappa shape index (κ3) is 7.00. The first-order chi connectivity index (χ1) is 6.72. The van der Waals surface area contributed by atoms with Gasteiger partial charge in [-0.15, -0.1) is 0 Å². The van der Waals surface area contributed by atoms with Gasteiger partial charge in [0.25, 0.3) is 0 Å². The molecule has 0 heterocycles. The Morgan fingerprint density at radius 1 is 1.29 bits per heavy atom. The van der Waals surface area contributed by atoms with E-state index in [1.807, 2.05) is 13.8 Å². The molecule has 0 aliphatic carbocycles. The number of carbonyl (C=O) groups excluding carboxylic acids is 1. The van der Waals surface area contributed by atoms with Crippen LogP contribution in [0, 0.1) is 5.92 Å². The van der Waals surface area contributed by atoms with Crippen LogP contribution in [-0.2, 0) is 19.0 Å². The van der Waals surface area contributed by atoms with Crippen molar-refractivity contribution in [2.75, 3.05) is 27.1 Å². The lowest BCUT2D eigenvalue weighted by atomic mass is 10.1. The molecule has 4 nitrogen and oxygen atoms in total. The van der Waals surface area contributed by atoms with Crippen molar-refractivity contribution in [3.63, 3.8) is 0 Å². The molecule has 0 amide bonds. The van der Waals surface area contributed by atoms with Crippen molar-refractivity contribution in [1.29, 1.82) is 0 Å². The molecule has 14 heavy (non-hydrogen) atoms. The molecule has 0 aliphatic rings. The van der Waals surface area contributed by atoms with E-state index in [-0.39, 0.29) is 12.9 Å². The van der Waals surface area contributed by atoms with Gasteiger partial charge in [0.2, 0.25) is 0 Å². The monoisotopic (exact) mass is 204 g/mol. The Morgan fingerprint density at radius 2 is 2.00 bits per heavy atom. The highest BCUT2D eigenvalue weighted by Crippen LogP contribution is 2.09. The van der Waals surface area contributed by atoms with Gasteiger partial charge < -0.3 is 19.0 Å². The van der Waals surface area contributed by atoms with Gasteiger partial charge in [-0.25, -0.2) is 0 Å². The van der Waals surface area contributed by atoms with Gasteiger partial charge in [0, 0.05) is 13.5 Å². The molecule has 0 saturated carbocycles. The van der Waals surface area contributed by atoms with E-state index in [0.29, 0.717) is 25.6 Å². The Balaban J connectivity index is 3.45. The van der Waals surface area contributed by atoms with Crippen LogP contribution in [0.2, 0.25) is 0 Å². The lowest BCUT2D eigenvalue weighted by Crippen LogP contribution is -2.22. The molecule has 0 aromatic heterocycles. The Bertz CT molecular complexity index is 136. The maximum Gasteiger partial charge on any atom is 0.147 e. The summed E-state index contributed by atoms with van der Waals surface area (Å²) in [4.78, 5) is 10.3. The van der Waals surface area contributed by atoms with Crippen molar-refractivity contribution < 1.29 is 19.0 Å². The molecule has 0 aromatic rings. The van der Waals surface area contributed by atoms with Crippen LogP contribution in [0.25, 0.3) is 0 Å². The first kappa shape index (κ1) is 13.5. The zero-order chi connectivity index (χ0) is 10.8. The number of aldehydes is 1. The van der Waals surface area contributed by atoms with Gasteiger partial charge in [-0.05, 0) is 5.92 Å². The van der Waals surface area contributed by atoms with Crippen LogP contribution in [0.4, 0.5) is 0 Å². The largest absolute Gasteiger partial charge is 0.382 e. The lowest BCUT2D eigenvalue weighted by Gasteiger charge is -2.18. The standard InChI is InChI=1S/C10H20O4/c1-9(2)10(4-5-11)14-8-13-7-6-12-3/h5,9-10H,4,6-8H2,1-3H3/t10-/m0/s1. The van der Waals surface area contributed by atoms with Crippen LogP contribution in [-0.4, -0.2) is 39.5 Å². The fraction of sp³-hybridized carbons (Fsp3) is 0.900. The maximum absolute atomic E-state index is 10.3. The van der Waals surface area contributed by atoms with Crippen molar-refractivity contribution in [2.24, 2.45) is 5.92 Å². The SMILES string of the molecule is COCCOCO[C@@H](CC=O)C(C)C. The zero-order valence-corrected chi connectivity index (χ0v) is 9.19. The third-order valence-corrected chi connectivity index (χ3v) is 1.87. The van der Waals surface area contributed by atoms with Crippen LogP contribution in [0.3, 0.4) is 0 Å². The number of hydrogen-bond donors (Lipinski definition) is 0. The van der Waals surface area contributed by atoms with Gasteiger partial charge in [-0.2, -0.15) is 0 Å². The summed E-state index contributed by atoms with van der Waals surface area (Å²) in [5, 5.41) is 0. The lowest BCUT2D eigenvalue weighted by molar-refractivity contribution is -0.124. The van der Waals surface area contributed by atoms with Gasteiger partial charge in [-0.1, -0.05) is 13.8 Å². The average Bonchev–Trinajstić information content (AvgIpc) is 2.15. The number of carbonyl (C=O) groups is 1. The van der Waals surface area contributed by atoms with E-state index in [9.17, 15) is 4.79 Å². The van der Waals surface area contributed by atoms with Crippen LogP contribution in [0.15, 0.2) is 0 Å². The van der Waals surface area contributed by atoms with E-state index < -0.39 is 0 Å². The van der Waals surface area contributed by atoms with Crippen LogP contribution in [0.1, 0.15) is 20.3 Å². The first-order valence-corrected chi connectivity index (χ1v) is 4.84. The number of rotatable bonds is 9. The summed E-state index contributed by atoms with van der Waals surface area (Å²) in [5.41, 5.74) is 0. The minimum absolute atomic E-state index is 0.0463. The highest BCUT2D eigenvalue weighted by molar-refractivity contribution is 5.50. The molecule has 0 fully saturated rings. The fourth-order valence-corrected chi connectivity index (χ4v) is 0.964. The Kier molecular flexibility index (Phi) is 8.83. The highest BCUT2D eigenvalue weighted by atomic mass is 16.7. The molecule has 1 atom stereocenters. The summed E-state index contributed by atoms with van der Waals surface area (Å²) in [6, 6.07) is 0. The molecule has 0 N–H and O–H groups in total. The van der Waals surface area contributed by atoms with Gasteiger partial charge in [0.1, 0.15) is 13.1 Å². The van der Waals surface area contributed by atoms with Gasteiger partial charge in [0.15, 0.2) is 0 Å². The van der Waals surface area contributed by atoms with Crippen molar-refractivity contribution in [2.45, 2.75) is 26.4 Å². The molecule has 0 saturated heterocycles. The van der Waals surface area contributed by atoms with E-state index in [2.05, 4.69) is 0 Å². The second-order valence-electron chi connectivity index (χ2n) is 3.37. The maximum atomic E-state index is 10.3. The summed E-state index contributed by atoms with van der Waals surface area (Å²) < 4.78 is 15.3.